The SMILES string of the molecule is CC(C)(C#N)CC(=O)OC(=O)N1CCCCC1. The first-order chi connectivity index (χ1) is 7.94. The number of carbonyl (C=O) groups is 2. The minimum atomic E-state index is -0.792. The van der Waals surface area contributed by atoms with Crippen LogP contribution in [0.1, 0.15) is 39.5 Å². The fraction of sp³-hybridized carbons (Fsp3) is 0.750. The third-order valence-electron chi connectivity index (χ3n) is 2.70. The zero-order valence-electron chi connectivity index (χ0n) is 10.4. The summed E-state index contributed by atoms with van der Waals surface area (Å²) in [5, 5.41) is 8.77. The summed E-state index contributed by atoms with van der Waals surface area (Å²) in [6, 6.07) is 2.00. The lowest BCUT2D eigenvalue weighted by molar-refractivity contribution is -0.140. The van der Waals surface area contributed by atoms with Crippen molar-refractivity contribution in [1.82, 2.24) is 4.90 Å². The molecule has 0 aromatic carbocycles. The number of likely N-dealkylation sites (tertiary alicyclic amines) is 1. The largest absolute Gasteiger partial charge is 0.417 e. The van der Waals surface area contributed by atoms with Gasteiger partial charge < -0.3 is 9.64 Å². The molecule has 0 radical (unpaired) electrons. The zero-order chi connectivity index (χ0) is 12.9. The van der Waals surface area contributed by atoms with Crippen LogP contribution in [0.2, 0.25) is 0 Å². The van der Waals surface area contributed by atoms with E-state index in [1.165, 1.54) is 0 Å². The second kappa shape index (κ2) is 5.67. The van der Waals surface area contributed by atoms with Crippen molar-refractivity contribution in [3.8, 4) is 6.07 Å². The van der Waals surface area contributed by atoms with Crippen molar-refractivity contribution in [2.45, 2.75) is 39.5 Å². The van der Waals surface area contributed by atoms with E-state index >= 15 is 0 Å². The summed E-state index contributed by atoms with van der Waals surface area (Å²) in [7, 11) is 0. The average molecular weight is 238 g/mol. The smallest absolute Gasteiger partial charge is 0.376 e. The predicted octanol–water partition coefficient (Wildman–Crippen LogP) is 2.08. The quantitative estimate of drug-likeness (QED) is 0.545. The minimum absolute atomic E-state index is 0.0664. The molecule has 0 atom stereocenters. The van der Waals surface area contributed by atoms with E-state index in [0.717, 1.165) is 19.3 Å². The van der Waals surface area contributed by atoms with Gasteiger partial charge in [-0.05, 0) is 33.1 Å². The van der Waals surface area contributed by atoms with Crippen molar-refractivity contribution >= 4 is 12.1 Å². The Bertz CT molecular complexity index is 338. The number of ether oxygens (including phenoxy) is 1. The van der Waals surface area contributed by atoms with Crippen LogP contribution in [0.3, 0.4) is 0 Å². The molecule has 1 aliphatic heterocycles. The van der Waals surface area contributed by atoms with E-state index in [1.54, 1.807) is 18.7 Å². The van der Waals surface area contributed by atoms with E-state index in [1.807, 2.05) is 6.07 Å². The van der Waals surface area contributed by atoms with Gasteiger partial charge in [-0.25, -0.2) is 4.79 Å². The monoisotopic (exact) mass is 238 g/mol. The lowest BCUT2D eigenvalue weighted by atomic mass is 9.92. The molecule has 0 saturated carbocycles. The summed E-state index contributed by atoms with van der Waals surface area (Å²) in [5.74, 6) is -0.632. The third-order valence-corrected chi connectivity index (χ3v) is 2.70. The van der Waals surface area contributed by atoms with Gasteiger partial charge in [-0.1, -0.05) is 0 Å². The number of carbonyl (C=O) groups excluding carboxylic acids is 2. The molecule has 0 aromatic heterocycles. The molecule has 1 saturated heterocycles. The van der Waals surface area contributed by atoms with Gasteiger partial charge >= 0.3 is 12.1 Å². The number of esters is 1. The molecule has 1 fully saturated rings. The van der Waals surface area contributed by atoms with Gasteiger partial charge in [0.1, 0.15) is 0 Å². The van der Waals surface area contributed by atoms with Crippen LogP contribution in [0.5, 0.6) is 0 Å². The van der Waals surface area contributed by atoms with Gasteiger partial charge in [0, 0.05) is 13.1 Å². The molecule has 0 unspecified atom stereocenters. The summed E-state index contributed by atoms with van der Waals surface area (Å²) in [5.41, 5.74) is -0.792. The number of hydrogen-bond donors (Lipinski definition) is 0. The number of rotatable bonds is 2. The molecule has 5 heteroatoms. The number of nitriles is 1. The fourth-order valence-corrected chi connectivity index (χ4v) is 1.67. The topological polar surface area (TPSA) is 70.4 Å². The summed E-state index contributed by atoms with van der Waals surface area (Å²) >= 11 is 0. The molecule has 1 heterocycles. The normalized spacial score (nSPS) is 16.2. The maximum absolute atomic E-state index is 11.6. The number of hydrogen-bond acceptors (Lipinski definition) is 4. The Balaban J connectivity index is 2.40. The molecule has 17 heavy (non-hydrogen) atoms. The van der Waals surface area contributed by atoms with E-state index < -0.39 is 17.5 Å². The minimum Gasteiger partial charge on any atom is -0.376 e. The van der Waals surface area contributed by atoms with Gasteiger partial charge in [-0.2, -0.15) is 5.26 Å². The first kappa shape index (κ1) is 13.5. The van der Waals surface area contributed by atoms with Gasteiger partial charge in [-0.3, -0.25) is 4.79 Å². The summed E-state index contributed by atoms with van der Waals surface area (Å²) in [6.07, 6.45) is 2.37. The second-order valence-electron chi connectivity index (χ2n) is 4.96. The molecule has 1 aliphatic rings. The Morgan fingerprint density at radius 2 is 1.88 bits per heavy atom. The molecule has 0 aliphatic carbocycles. The Kier molecular flexibility index (Phi) is 4.50. The number of piperidine rings is 1. The Hall–Kier alpha value is -1.57. The Labute approximate surface area is 101 Å². The second-order valence-corrected chi connectivity index (χ2v) is 4.96. The molecule has 1 rings (SSSR count). The van der Waals surface area contributed by atoms with Crippen molar-refractivity contribution < 1.29 is 14.3 Å². The standard InChI is InChI=1S/C12H18N2O3/c1-12(2,9-13)8-10(15)17-11(16)14-6-4-3-5-7-14/h3-8H2,1-2H3. The molecule has 0 aromatic rings. The molecule has 0 bridgehead atoms. The van der Waals surface area contributed by atoms with Crippen molar-refractivity contribution in [2.24, 2.45) is 5.41 Å². The van der Waals surface area contributed by atoms with Gasteiger partial charge in [0.15, 0.2) is 0 Å². The Morgan fingerprint density at radius 3 is 2.41 bits per heavy atom. The van der Waals surface area contributed by atoms with Gasteiger partial charge in [0.25, 0.3) is 0 Å². The lowest BCUT2D eigenvalue weighted by Crippen LogP contribution is -2.37. The van der Waals surface area contributed by atoms with E-state index in [-0.39, 0.29) is 6.42 Å². The van der Waals surface area contributed by atoms with Crippen LogP contribution in [-0.2, 0) is 9.53 Å². The number of amides is 1. The predicted molar refractivity (Wildman–Crippen MR) is 60.9 cm³/mol. The van der Waals surface area contributed by atoms with Crippen LogP contribution in [0.25, 0.3) is 0 Å². The van der Waals surface area contributed by atoms with Crippen LogP contribution < -0.4 is 0 Å². The summed E-state index contributed by atoms with van der Waals surface area (Å²) in [6.45, 7) is 4.57. The highest BCUT2D eigenvalue weighted by molar-refractivity contribution is 5.85. The van der Waals surface area contributed by atoms with E-state index in [2.05, 4.69) is 0 Å². The van der Waals surface area contributed by atoms with Crippen LogP contribution in [0, 0.1) is 16.7 Å². The first-order valence-electron chi connectivity index (χ1n) is 5.85. The third kappa shape index (κ3) is 4.43. The summed E-state index contributed by atoms with van der Waals surface area (Å²) < 4.78 is 4.72. The highest BCUT2D eigenvalue weighted by Gasteiger charge is 2.26. The molecule has 1 amide bonds. The van der Waals surface area contributed by atoms with Crippen molar-refractivity contribution in [1.29, 1.82) is 5.26 Å². The molecule has 94 valence electrons. The molecular weight excluding hydrogens is 220 g/mol. The maximum Gasteiger partial charge on any atom is 0.417 e. The van der Waals surface area contributed by atoms with Crippen molar-refractivity contribution in [3.05, 3.63) is 0 Å². The van der Waals surface area contributed by atoms with E-state index in [0.29, 0.717) is 13.1 Å². The van der Waals surface area contributed by atoms with Gasteiger partial charge in [0.05, 0.1) is 17.9 Å². The van der Waals surface area contributed by atoms with Crippen molar-refractivity contribution in [2.75, 3.05) is 13.1 Å². The van der Waals surface area contributed by atoms with E-state index in [4.69, 9.17) is 10.00 Å². The zero-order valence-corrected chi connectivity index (χ0v) is 10.4. The average Bonchev–Trinajstić information content (AvgIpc) is 2.29. The summed E-state index contributed by atoms with van der Waals surface area (Å²) in [4.78, 5) is 24.6. The Morgan fingerprint density at radius 1 is 1.29 bits per heavy atom. The van der Waals surface area contributed by atoms with Crippen LogP contribution >= 0.6 is 0 Å². The van der Waals surface area contributed by atoms with E-state index in [9.17, 15) is 9.59 Å². The van der Waals surface area contributed by atoms with Gasteiger partial charge in [0.2, 0.25) is 0 Å². The molecular formula is C12H18N2O3. The van der Waals surface area contributed by atoms with Crippen LogP contribution in [0.4, 0.5) is 4.79 Å². The maximum atomic E-state index is 11.6. The number of nitrogens with zero attached hydrogens (tertiary/aromatic N) is 2. The molecule has 0 N–H and O–H groups in total. The van der Waals surface area contributed by atoms with Crippen LogP contribution in [-0.4, -0.2) is 30.1 Å². The highest BCUT2D eigenvalue weighted by atomic mass is 16.6. The lowest BCUT2D eigenvalue weighted by Gasteiger charge is -2.25. The molecule has 5 nitrogen and oxygen atoms in total. The molecule has 0 spiro atoms. The van der Waals surface area contributed by atoms with Crippen LogP contribution in [0.15, 0.2) is 0 Å². The van der Waals surface area contributed by atoms with Crippen molar-refractivity contribution in [3.63, 3.8) is 0 Å². The first-order valence-corrected chi connectivity index (χ1v) is 5.85. The fourth-order valence-electron chi connectivity index (χ4n) is 1.67. The van der Waals surface area contributed by atoms with Gasteiger partial charge in [-0.15, -0.1) is 0 Å². The highest BCUT2D eigenvalue weighted by Crippen LogP contribution is 2.19.